The molecular weight excluding hydrogens is 542 g/mol. The van der Waals surface area contributed by atoms with Gasteiger partial charge in [-0.05, 0) is 48.0 Å². The molecule has 0 aromatic carbocycles. The summed E-state index contributed by atoms with van der Waals surface area (Å²) in [6, 6.07) is -1.54. The normalized spacial score (nSPS) is 24.1. The minimum absolute atomic E-state index is 0.0835. The molecule has 4 heterocycles. The molecule has 0 radical (unpaired) electrons. The Morgan fingerprint density at radius 3 is 2.60 bits per heavy atom. The number of aromatic nitrogens is 1. The van der Waals surface area contributed by atoms with Gasteiger partial charge in [0.05, 0.1) is 30.7 Å². The van der Waals surface area contributed by atoms with Gasteiger partial charge in [-0.25, -0.2) is 28.6 Å². The monoisotopic (exact) mass is 582 g/mol. The molecule has 2 saturated heterocycles. The second kappa shape index (κ2) is 11.4. The van der Waals surface area contributed by atoms with Crippen LogP contribution in [0.3, 0.4) is 0 Å². The van der Waals surface area contributed by atoms with E-state index in [-0.39, 0.29) is 32.2 Å². The smallest absolute Gasteiger partial charge is 0.337 e. The molecule has 3 aliphatic rings. The van der Waals surface area contributed by atoms with E-state index in [9.17, 15) is 9.59 Å². The number of carbonyl (C=O) groups excluding carboxylic acids is 2. The standard InChI is InChI=1S/C27H40F2N6O4S/c1-8-38-23(36)17-13-31-21(22-30-10-12-40-22)32-18(17)14-34-16-27(28,29)20-19(34)15-33(7)35(20)11-9-26(5,6)24(37)39-25(2,3)4/h10,12,19-20H,8-9,11,13-16H2,1-7H3,(H,31,32). The van der Waals surface area contributed by atoms with Crippen molar-refractivity contribution in [1.82, 2.24) is 25.2 Å². The molecule has 2 unspecified atom stereocenters. The summed E-state index contributed by atoms with van der Waals surface area (Å²) < 4.78 is 42.1. The largest absolute Gasteiger partial charge is 0.463 e. The number of hydrogen-bond acceptors (Lipinski definition) is 11. The predicted octanol–water partition coefficient (Wildman–Crippen LogP) is 2.92. The lowest BCUT2D eigenvalue weighted by atomic mass is 9.89. The number of ether oxygens (including phenoxy) is 2. The molecule has 1 aromatic rings. The van der Waals surface area contributed by atoms with Crippen LogP contribution >= 0.6 is 11.3 Å². The number of nitrogens with one attached hydrogen (secondary N) is 1. The summed E-state index contributed by atoms with van der Waals surface area (Å²) in [6.45, 7) is 11.3. The number of halogens is 2. The van der Waals surface area contributed by atoms with Gasteiger partial charge in [0.25, 0.3) is 5.92 Å². The van der Waals surface area contributed by atoms with E-state index in [0.29, 0.717) is 35.1 Å². The zero-order valence-corrected chi connectivity index (χ0v) is 25.1. The molecule has 2 atom stereocenters. The van der Waals surface area contributed by atoms with Crippen molar-refractivity contribution in [2.75, 3.05) is 46.4 Å². The van der Waals surface area contributed by atoms with Crippen LogP contribution < -0.4 is 5.32 Å². The quantitative estimate of drug-likeness (QED) is 0.441. The Balaban J connectivity index is 1.51. The van der Waals surface area contributed by atoms with Crippen LogP contribution in [-0.2, 0) is 19.1 Å². The third kappa shape index (κ3) is 6.53. The Morgan fingerprint density at radius 1 is 1.25 bits per heavy atom. The van der Waals surface area contributed by atoms with Gasteiger partial charge in [-0.1, -0.05) is 0 Å². The third-order valence-electron chi connectivity index (χ3n) is 7.36. The van der Waals surface area contributed by atoms with E-state index in [1.807, 2.05) is 31.2 Å². The lowest BCUT2D eigenvalue weighted by Crippen LogP contribution is -2.50. The van der Waals surface area contributed by atoms with Gasteiger partial charge in [0.1, 0.15) is 11.6 Å². The number of carbonyl (C=O) groups is 2. The summed E-state index contributed by atoms with van der Waals surface area (Å²) in [6.07, 6.45) is 2.02. The highest BCUT2D eigenvalue weighted by atomic mass is 32.1. The molecule has 0 amide bonds. The molecule has 3 aliphatic heterocycles. The number of likely N-dealkylation sites (tertiary alicyclic amines) is 1. The van der Waals surface area contributed by atoms with E-state index in [0.717, 1.165) is 0 Å². The summed E-state index contributed by atoms with van der Waals surface area (Å²) >= 11 is 1.40. The molecule has 13 heteroatoms. The summed E-state index contributed by atoms with van der Waals surface area (Å²) in [5, 5.41) is 9.17. The Hall–Kier alpha value is -2.48. The van der Waals surface area contributed by atoms with E-state index in [2.05, 4.69) is 15.3 Å². The predicted molar refractivity (Wildman–Crippen MR) is 148 cm³/mol. The zero-order valence-electron chi connectivity index (χ0n) is 24.3. The van der Waals surface area contributed by atoms with Crippen LogP contribution in [0.1, 0.15) is 53.0 Å². The third-order valence-corrected chi connectivity index (χ3v) is 8.13. The fourth-order valence-electron chi connectivity index (χ4n) is 5.29. The highest BCUT2D eigenvalue weighted by Crippen LogP contribution is 2.42. The van der Waals surface area contributed by atoms with Crippen molar-refractivity contribution >= 4 is 29.1 Å². The molecule has 0 spiro atoms. The second-order valence-electron chi connectivity index (χ2n) is 12.1. The first-order chi connectivity index (χ1) is 18.6. The van der Waals surface area contributed by atoms with Crippen molar-refractivity contribution in [2.45, 2.75) is 71.6 Å². The van der Waals surface area contributed by atoms with Gasteiger partial charge in [-0.15, -0.1) is 11.3 Å². The molecule has 10 nitrogen and oxygen atoms in total. The number of hydrazine groups is 1. The minimum Gasteiger partial charge on any atom is -0.463 e. The molecule has 1 N–H and O–H groups in total. The topological polar surface area (TPSA) is 99.6 Å². The van der Waals surface area contributed by atoms with Gasteiger partial charge in [-0.2, -0.15) is 0 Å². The van der Waals surface area contributed by atoms with E-state index in [1.54, 1.807) is 43.9 Å². The molecule has 222 valence electrons. The van der Waals surface area contributed by atoms with E-state index < -0.39 is 41.5 Å². The van der Waals surface area contributed by atoms with Crippen LogP contribution in [0.5, 0.6) is 0 Å². The lowest BCUT2D eigenvalue weighted by molar-refractivity contribution is -0.167. The number of nitrogens with zero attached hydrogens (tertiary/aromatic N) is 5. The van der Waals surface area contributed by atoms with Gasteiger partial charge < -0.3 is 14.8 Å². The van der Waals surface area contributed by atoms with E-state index in [4.69, 9.17) is 9.47 Å². The average Bonchev–Trinajstić information content (AvgIpc) is 3.54. The number of fused-ring (bicyclic) bond motifs is 1. The number of rotatable bonds is 9. The van der Waals surface area contributed by atoms with Gasteiger partial charge >= 0.3 is 11.9 Å². The lowest BCUT2D eigenvalue weighted by Gasteiger charge is -2.35. The maximum Gasteiger partial charge on any atom is 0.337 e. The Kier molecular flexibility index (Phi) is 8.70. The van der Waals surface area contributed by atoms with Crippen LogP contribution in [0.2, 0.25) is 0 Å². The van der Waals surface area contributed by atoms with Crippen molar-refractivity contribution in [3.63, 3.8) is 0 Å². The summed E-state index contributed by atoms with van der Waals surface area (Å²) in [5.41, 5.74) is -0.632. The molecule has 0 bridgehead atoms. The number of aliphatic imine (C=N–C) groups is 1. The van der Waals surface area contributed by atoms with Crippen LogP contribution in [-0.4, -0.2) is 108 Å². The number of likely N-dealkylation sites (N-methyl/N-ethyl adjacent to an activating group) is 1. The van der Waals surface area contributed by atoms with Crippen molar-refractivity contribution in [3.05, 3.63) is 27.9 Å². The fraction of sp³-hybridized carbons (Fsp3) is 0.704. The van der Waals surface area contributed by atoms with Gasteiger partial charge in [0, 0.05) is 50.0 Å². The first-order valence-corrected chi connectivity index (χ1v) is 14.4. The Labute approximate surface area is 238 Å². The SMILES string of the molecule is CCOC(=O)C1=C(CN2CC(F)(F)C3C2CN(C)N3CCC(C)(C)C(=O)OC(C)(C)C)NC(c2nccs2)=NC1. The van der Waals surface area contributed by atoms with Gasteiger partial charge in [0.15, 0.2) is 10.8 Å². The Morgan fingerprint density at radius 2 is 1.98 bits per heavy atom. The average molecular weight is 583 g/mol. The number of alkyl halides is 2. The van der Waals surface area contributed by atoms with Crippen LogP contribution in [0, 0.1) is 5.41 Å². The fourth-order valence-corrected chi connectivity index (χ4v) is 5.89. The summed E-state index contributed by atoms with van der Waals surface area (Å²) in [7, 11) is 1.79. The maximum atomic E-state index is 15.6. The molecule has 4 rings (SSSR count). The molecule has 0 saturated carbocycles. The van der Waals surface area contributed by atoms with Crippen molar-refractivity contribution in [3.8, 4) is 0 Å². The van der Waals surface area contributed by atoms with Crippen LogP contribution in [0.25, 0.3) is 0 Å². The van der Waals surface area contributed by atoms with Crippen molar-refractivity contribution in [2.24, 2.45) is 10.4 Å². The van der Waals surface area contributed by atoms with E-state index in [1.165, 1.54) is 11.3 Å². The second-order valence-corrected chi connectivity index (χ2v) is 13.0. The number of amidine groups is 1. The van der Waals surface area contributed by atoms with Crippen molar-refractivity contribution < 1.29 is 27.8 Å². The molecule has 40 heavy (non-hydrogen) atoms. The van der Waals surface area contributed by atoms with Gasteiger partial charge in [-0.3, -0.25) is 14.7 Å². The highest BCUT2D eigenvalue weighted by Gasteiger charge is 2.61. The highest BCUT2D eigenvalue weighted by molar-refractivity contribution is 7.11. The molecule has 0 aliphatic carbocycles. The molecule has 2 fully saturated rings. The Bertz CT molecular complexity index is 1160. The minimum atomic E-state index is -3.00. The number of esters is 2. The molecular formula is C27H40F2N6O4S. The van der Waals surface area contributed by atoms with Crippen molar-refractivity contribution in [1.29, 1.82) is 0 Å². The number of hydrogen-bond donors (Lipinski definition) is 1. The van der Waals surface area contributed by atoms with Gasteiger partial charge in [0.2, 0.25) is 0 Å². The first-order valence-electron chi connectivity index (χ1n) is 13.6. The molecule has 1 aromatic heterocycles. The maximum absolute atomic E-state index is 15.6. The zero-order chi connectivity index (χ0) is 29.5. The van der Waals surface area contributed by atoms with E-state index >= 15 is 8.78 Å². The number of thiazole rings is 1. The van der Waals surface area contributed by atoms with Crippen LogP contribution in [0.4, 0.5) is 8.78 Å². The summed E-state index contributed by atoms with van der Waals surface area (Å²) in [5.74, 6) is -3.35. The first kappa shape index (κ1) is 30.5. The summed E-state index contributed by atoms with van der Waals surface area (Å²) in [4.78, 5) is 36.0. The van der Waals surface area contributed by atoms with Crippen LogP contribution in [0.15, 0.2) is 27.8 Å².